The van der Waals surface area contributed by atoms with Gasteiger partial charge < -0.3 is 4.90 Å². The Morgan fingerprint density at radius 2 is 1.86 bits per heavy atom. The van der Waals surface area contributed by atoms with Crippen LogP contribution in [0.2, 0.25) is 0 Å². The van der Waals surface area contributed by atoms with Gasteiger partial charge in [0, 0.05) is 13.1 Å². The molecule has 1 heterocycles. The third-order valence-electron chi connectivity index (χ3n) is 9.01. The highest BCUT2D eigenvalue weighted by molar-refractivity contribution is 7.85. The second-order valence-corrected chi connectivity index (χ2v) is 12.6. The van der Waals surface area contributed by atoms with Crippen molar-refractivity contribution in [2.45, 2.75) is 72.6 Å². The third-order valence-corrected chi connectivity index (χ3v) is 9.71. The molecule has 0 spiro atoms. The van der Waals surface area contributed by atoms with Gasteiger partial charge in [0.05, 0.1) is 5.75 Å². The van der Waals surface area contributed by atoms with E-state index in [9.17, 15) is 8.42 Å². The van der Waals surface area contributed by atoms with Crippen molar-refractivity contribution in [1.29, 1.82) is 0 Å². The average Bonchev–Trinajstić information content (AvgIpc) is 2.58. The first-order chi connectivity index (χ1) is 13.0. The van der Waals surface area contributed by atoms with Gasteiger partial charge in [-0.25, -0.2) is 0 Å². The molecule has 4 aliphatic rings. The lowest BCUT2D eigenvalue weighted by Crippen LogP contribution is -2.56. The van der Waals surface area contributed by atoms with Crippen LogP contribution in [0.25, 0.3) is 0 Å². The van der Waals surface area contributed by atoms with Crippen LogP contribution < -0.4 is 0 Å². The van der Waals surface area contributed by atoms with E-state index in [0.29, 0.717) is 17.4 Å². The molecular formula is C23H37NO3S. The maximum Gasteiger partial charge on any atom is 0.266 e. The molecule has 0 amide bonds. The molecule has 2 saturated carbocycles. The molecule has 0 aromatic heterocycles. The first-order valence-corrected chi connectivity index (χ1v) is 12.7. The van der Waals surface area contributed by atoms with Gasteiger partial charge in [0.1, 0.15) is 0 Å². The molecule has 2 fully saturated rings. The van der Waals surface area contributed by atoms with E-state index in [1.165, 1.54) is 49.7 Å². The molecule has 28 heavy (non-hydrogen) atoms. The first kappa shape index (κ1) is 20.5. The van der Waals surface area contributed by atoms with Gasteiger partial charge in [-0.05, 0) is 90.0 Å². The van der Waals surface area contributed by atoms with E-state index in [-0.39, 0.29) is 11.2 Å². The van der Waals surface area contributed by atoms with Gasteiger partial charge in [-0.3, -0.25) is 4.55 Å². The molecule has 0 bridgehead atoms. The third kappa shape index (κ3) is 3.27. The smallest absolute Gasteiger partial charge is 0.266 e. The van der Waals surface area contributed by atoms with Gasteiger partial charge in [-0.1, -0.05) is 34.1 Å². The zero-order chi connectivity index (χ0) is 20.4. The Labute approximate surface area is 171 Å². The van der Waals surface area contributed by atoms with Crippen LogP contribution in [-0.2, 0) is 10.1 Å². The summed E-state index contributed by atoms with van der Waals surface area (Å²) in [7, 11) is -3.91. The Kier molecular flexibility index (Phi) is 4.82. The van der Waals surface area contributed by atoms with Gasteiger partial charge >= 0.3 is 0 Å². The van der Waals surface area contributed by atoms with Crippen molar-refractivity contribution in [2.24, 2.45) is 28.1 Å². The van der Waals surface area contributed by atoms with E-state index < -0.39 is 10.1 Å². The molecule has 0 aromatic carbocycles. The highest BCUT2D eigenvalue weighted by atomic mass is 32.2. The minimum absolute atomic E-state index is 0.200. The summed E-state index contributed by atoms with van der Waals surface area (Å²) < 4.78 is 31.3. The van der Waals surface area contributed by atoms with Crippen LogP contribution in [0.15, 0.2) is 23.4 Å². The second-order valence-electron chi connectivity index (χ2n) is 11.0. The van der Waals surface area contributed by atoms with Crippen LogP contribution in [0.3, 0.4) is 0 Å². The molecule has 4 nitrogen and oxygen atoms in total. The molecule has 1 aliphatic heterocycles. The van der Waals surface area contributed by atoms with Crippen LogP contribution in [-0.4, -0.2) is 36.7 Å². The maximum absolute atomic E-state index is 11.1. The number of hydrogen-bond acceptors (Lipinski definition) is 3. The minimum Gasteiger partial charge on any atom is -0.372 e. The zero-order valence-corrected chi connectivity index (χ0v) is 18.8. The van der Waals surface area contributed by atoms with Crippen molar-refractivity contribution < 1.29 is 13.0 Å². The lowest BCUT2D eigenvalue weighted by molar-refractivity contribution is -0.123. The summed E-state index contributed by atoms with van der Waals surface area (Å²) in [5.41, 5.74) is 4.17. The molecule has 158 valence electrons. The summed E-state index contributed by atoms with van der Waals surface area (Å²) in [6.07, 6.45) is 13.4. The van der Waals surface area contributed by atoms with Crippen LogP contribution in [0.5, 0.6) is 0 Å². The fourth-order valence-electron chi connectivity index (χ4n) is 7.81. The van der Waals surface area contributed by atoms with Crippen molar-refractivity contribution >= 4 is 10.1 Å². The second kappa shape index (κ2) is 6.60. The van der Waals surface area contributed by atoms with Gasteiger partial charge in [0.25, 0.3) is 10.1 Å². The monoisotopic (exact) mass is 407 g/mol. The van der Waals surface area contributed by atoms with Gasteiger partial charge in [0.2, 0.25) is 0 Å². The van der Waals surface area contributed by atoms with Crippen molar-refractivity contribution in [3.8, 4) is 0 Å². The number of fused-ring (bicyclic) bond motifs is 4. The van der Waals surface area contributed by atoms with Gasteiger partial charge in [0.15, 0.2) is 0 Å². The predicted molar refractivity (Wildman–Crippen MR) is 113 cm³/mol. The summed E-state index contributed by atoms with van der Waals surface area (Å²) in [4.78, 5) is 2.05. The standard InChI is InChI=1S/C23H37NO3S/c1-21(2)10-5-11-23(4)19(21)8-12-22(3)18-9-13-24(14-15-28(25,26)27)16-17(18)6-7-20(22)23/h9,13,19-20H,5-8,10-12,14-16H2,1-4H3,(H,25,26,27)/t19-,20-,22-,23-/m0/s1. The summed E-state index contributed by atoms with van der Waals surface area (Å²) in [5.74, 6) is 1.37. The number of rotatable bonds is 3. The molecule has 0 aromatic rings. The van der Waals surface area contributed by atoms with Crippen LogP contribution >= 0.6 is 0 Å². The Morgan fingerprint density at radius 3 is 2.57 bits per heavy atom. The average molecular weight is 408 g/mol. The largest absolute Gasteiger partial charge is 0.372 e. The quantitative estimate of drug-likeness (QED) is 0.666. The fraction of sp³-hybridized carbons (Fsp3) is 0.826. The maximum atomic E-state index is 11.1. The molecule has 0 unspecified atom stereocenters. The van der Waals surface area contributed by atoms with Crippen molar-refractivity contribution in [3.63, 3.8) is 0 Å². The molecule has 3 aliphatic carbocycles. The normalized spacial score (nSPS) is 40.0. The summed E-state index contributed by atoms with van der Waals surface area (Å²) in [6.45, 7) is 11.3. The number of hydrogen-bond donors (Lipinski definition) is 1. The SMILES string of the molecule is CC1(C)CCC[C@]2(C)[C@H]3CCC4=C(C=CN(CCS(=O)(=O)O)C4)[C@]3(C)CC[C@@H]12. The van der Waals surface area contributed by atoms with Crippen molar-refractivity contribution in [2.75, 3.05) is 18.8 Å². The van der Waals surface area contributed by atoms with E-state index in [1.807, 2.05) is 4.90 Å². The molecular weight excluding hydrogens is 370 g/mol. The topological polar surface area (TPSA) is 57.6 Å². The molecule has 1 N–H and O–H groups in total. The fourth-order valence-corrected chi connectivity index (χ4v) is 8.28. The molecule has 0 saturated heterocycles. The van der Waals surface area contributed by atoms with E-state index >= 15 is 0 Å². The Morgan fingerprint density at radius 1 is 1.11 bits per heavy atom. The van der Waals surface area contributed by atoms with E-state index in [0.717, 1.165) is 24.8 Å². The Hall–Kier alpha value is -0.810. The van der Waals surface area contributed by atoms with Gasteiger partial charge in [-0.15, -0.1) is 0 Å². The van der Waals surface area contributed by atoms with Crippen LogP contribution in [0.1, 0.15) is 72.6 Å². The summed E-state index contributed by atoms with van der Waals surface area (Å²) in [6, 6.07) is 0. The first-order valence-electron chi connectivity index (χ1n) is 11.1. The minimum atomic E-state index is -3.91. The molecule has 4 rings (SSSR count). The molecule has 4 atom stereocenters. The van der Waals surface area contributed by atoms with Crippen LogP contribution in [0, 0.1) is 28.1 Å². The lowest BCUT2D eigenvalue weighted by atomic mass is 9.40. The van der Waals surface area contributed by atoms with Crippen LogP contribution in [0.4, 0.5) is 0 Å². The van der Waals surface area contributed by atoms with E-state index in [2.05, 4.69) is 40.0 Å². The number of nitrogens with zero attached hydrogens (tertiary/aromatic N) is 1. The highest BCUT2D eigenvalue weighted by Crippen LogP contribution is 2.68. The summed E-state index contributed by atoms with van der Waals surface area (Å²) in [5, 5.41) is 0. The lowest BCUT2D eigenvalue weighted by Gasteiger charge is -2.64. The van der Waals surface area contributed by atoms with Crippen molar-refractivity contribution in [1.82, 2.24) is 4.90 Å². The molecule has 5 heteroatoms. The van der Waals surface area contributed by atoms with E-state index in [1.54, 1.807) is 0 Å². The highest BCUT2D eigenvalue weighted by Gasteiger charge is 2.59. The number of allylic oxidation sites excluding steroid dienone is 2. The zero-order valence-electron chi connectivity index (χ0n) is 18.0. The Bertz CT molecular complexity index is 812. The van der Waals surface area contributed by atoms with Gasteiger partial charge in [-0.2, -0.15) is 8.42 Å². The summed E-state index contributed by atoms with van der Waals surface area (Å²) >= 11 is 0. The Balaban J connectivity index is 1.59. The molecule has 0 radical (unpaired) electrons. The van der Waals surface area contributed by atoms with E-state index in [4.69, 9.17) is 4.55 Å². The predicted octanol–water partition coefficient (Wildman–Crippen LogP) is 5.04. The van der Waals surface area contributed by atoms with Crippen molar-refractivity contribution in [3.05, 3.63) is 23.4 Å².